The van der Waals surface area contributed by atoms with Gasteiger partial charge in [-0.1, -0.05) is 19.1 Å². The van der Waals surface area contributed by atoms with Gasteiger partial charge in [-0.15, -0.1) is 10.2 Å². The van der Waals surface area contributed by atoms with Crippen LogP contribution in [-0.2, 0) is 20.7 Å². The number of amides is 1. The highest BCUT2D eigenvalue weighted by Gasteiger charge is 2.29. The van der Waals surface area contributed by atoms with Crippen molar-refractivity contribution < 1.29 is 19.1 Å². The minimum atomic E-state index is -0.371. The third-order valence-electron chi connectivity index (χ3n) is 5.75. The topological polar surface area (TPSA) is 114 Å². The van der Waals surface area contributed by atoms with Crippen molar-refractivity contribution in [3.63, 3.8) is 0 Å². The van der Waals surface area contributed by atoms with Crippen molar-refractivity contribution in [2.24, 2.45) is 5.92 Å². The maximum absolute atomic E-state index is 12.6. The molecule has 178 valence electrons. The Morgan fingerprint density at radius 1 is 1.27 bits per heavy atom. The zero-order valence-corrected chi connectivity index (χ0v) is 19.5. The summed E-state index contributed by atoms with van der Waals surface area (Å²) in [5, 5.41) is 8.22. The number of esters is 1. The molecule has 2 heterocycles. The molecule has 0 radical (unpaired) electrons. The zero-order valence-electron chi connectivity index (χ0n) is 19.5. The van der Waals surface area contributed by atoms with E-state index < -0.39 is 0 Å². The summed E-state index contributed by atoms with van der Waals surface area (Å²) in [6.07, 6.45) is 2.75. The van der Waals surface area contributed by atoms with Crippen molar-refractivity contribution in [1.29, 1.82) is 0 Å². The Bertz CT molecular complexity index is 1020. The number of H-pyrrole nitrogens is 1. The van der Waals surface area contributed by atoms with Gasteiger partial charge in [-0.05, 0) is 45.2 Å². The predicted molar refractivity (Wildman–Crippen MR) is 123 cm³/mol. The van der Waals surface area contributed by atoms with E-state index in [1.807, 2.05) is 38.1 Å². The summed E-state index contributed by atoms with van der Waals surface area (Å²) < 4.78 is 10.9. The summed E-state index contributed by atoms with van der Waals surface area (Å²) in [6.45, 7) is 7.09. The lowest BCUT2D eigenvalue weighted by Crippen LogP contribution is -2.43. The van der Waals surface area contributed by atoms with Gasteiger partial charge in [0, 0.05) is 31.5 Å². The Kier molecular flexibility index (Phi) is 8.57. The Balaban J connectivity index is 1.61. The van der Waals surface area contributed by atoms with Crippen LogP contribution in [0, 0.1) is 5.92 Å². The van der Waals surface area contributed by atoms with Crippen LogP contribution in [0.1, 0.15) is 52.1 Å². The highest BCUT2D eigenvalue weighted by atomic mass is 16.5. The molecule has 1 aliphatic heterocycles. The van der Waals surface area contributed by atoms with Crippen LogP contribution in [0.25, 0.3) is 11.4 Å². The number of carbonyl (C=O) groups excluding carboxylic acids is 2. The molecule has 1 N–H and O–H groups in total. The second-order valence-electron chi connectivity index (χ2n) is 8.24. The summed E-state index contributed by atoms with van der Waals surface area (Å²) in [6, 6.07) is 7.32. The molecule has 2 atom stereocenters. The van der Waals surface area contributed by atoms with E-state index in [0.717, 1.165) is 19.3 Å². The molecule has 0 saturated carbocycles. The molecule has 2 aromatic rings. The molecule has 1 fully saturated rings. The standard InChI is InChI=1S/C24H32N4O5/c1-4-16(3)33-19-10-6-8-17(14-19)22-25-23(30)20(26-27-22)11-12-21(29)28-13-7-9-18(15-28)24(31)32-5-2/h6,8,10,14,16,18H,4-5,7,9,11-13,15H2,1-3H3,(H,25,27,30). The maximum atomic E-state index is 12.6. The number of benzene rings is 1. The Labute approximate surface area is 193 Å². The second kappa shape index (κ2) is 11.6. The van der Waals surface area contributed by atoms with Crippen LogP contribution < -0.4 is 10.3 Å². The number of aromatic nitrogens is 3. The summed E-state index contributed by atoms with van der Waals surface area (Å²) in [4.78, 5) is 41.6. The lowest BCUT2D eigenvalue weighted by atomic mass is 9.98. The van der Waals surface area contributed by atoms with E-state index in [-0.39, 0.29) is 48.0 Å². The molecular weight excluding hydrogens is 424 g/mol. The molecule has 1 aromatic heterocycles. The Morgan fingerprint density at radius 3 is 2.82 bits per heavy atom. The van der Waals surface area contributed by atoms with Crippen LogP contribution in [-0.4, -0.2) is 57.8 Å². The minimum Gasteiger partial charge on any atom is -0.491 e. The van der Waals surface area contributed by atoms with Crippen LogP contribution in [0.15, 0.2) is 29.1 Å². The number of piperidine rings is 1. The van der Waals surface area contributed by atoms with Crippen molar-refractivity contribution in [1.82, 2.24) is 20.1 Å². The molecule has 0 spiro atoms. The minimum absolute atomic E-state index is 0.0813. The number of hydrogen-bond donors (Lipinski definition) is 1. The van der Waals surface area contributed by atoms with Crippen molar-refractivity contribution in [2.75, 3.05) is 19.7 Å². The molecule has 1 aliphatic rings. The molecule has 9 nitrogen and oxygen atoms in total. The fourth-order valence-corrected chi connectivity index (χ4v) is 3.73. The van der Waals surface area contributed by atoms with E-state index in [0.29, 0.717) is 36.8 Å². The highest BCUT2D eigenvalue weighted by Crippen LogP contribution is 2.22. The largest absolute Gasteiger partial charge is 0.491 e. The third-order valence-corrected chi connectivity index (χ3v) is 5.75. The lowest BCUT2D eigenvalue weighted by molar-refractivity contribution is -0.151. The van der Waals surface area contributed by atoms with Crippen molar-refractivity contribution in [3.8, 4) is 17.1 Å². The number of hydrogen-bond acceptors (Lipinski definition) is 7. The first kappa shape index (κ1) is 24.4. The van der Waals surface area contributed by atoms with Crippen LogP contribution in [0.2, 0.25) is 0 Å². The first-order valence-corrected chi connectivity index (χ1v) is 11.6. The summed E-state index contributed by atoms with van der Waals surface area (Å²) in [7, 11) is 0. The zero-order chi connectivity index (χ0) is 23.8. The van der Waals surface area contributed by atoms with Crippen LogP contribution in [0.3, 0.4) is 0 Å². The smallest absolute Gasteiger partial charge is 0.310 e. The van der Waals surface area contributed by atoms with Crippen LogP contribution in [0.5, 0.6) is 5.75 Å². The third kappa shape index (κ3) is 6.63. The monoisotopic (exact) mass is 456 g/mol. The van der Waals surface area contributed by atoms with E-state index in [2.05, 4.69) is 15.2 Å². The van der Waals surface area contributed by atoms with Crippen molar-refractivity contribution >= 4 is 11.9 Å². The summed E-state index contributed by atoms with van der Waals surface area (Å²) in [5.74, 6) is 0.390. The lowest BCUT2D eigenvalue weighted by Gasteiger charge is -2.31. The fraction of sp³-hybridized carbons (Fsp3) is 0.542. The molecule has 1 saturated heterocycles. The molecule has 0 aliphatic carbocycles. The van der Waals surface area contributed by atoms with Gasteiger partial charge in [-0.25, -0.2) is 0 Å². The average molecular weight is 457 g/mol. The molecule has 33 heavy (non-hydrogen) atoms. The van der Waals surface area contributed by atoms with E-state index in [1.165, 1.54) is 0 Å². The molecule has 2 unspecified atom stereocenters. The highest BCUT2D eigenvalue weighted by molar-refractivity contribution is 5.78. The number of nitrogens with zero attached hydrogens (tertiary/aromatic N) is 3. The molecule has 9 heteroatoms. The number of nitrogens with one attached hydrogen (secondary N) is 1. The molecular formula is C24H32N4O5. The fourth-order valence-electron chi connectivity index (χ4n) is 3.73. The first-order chi connectivity index (χ1) is 15.9. The van der Waals surface area contributed by atoms with Gasteiger partial charge >= 0.3 is 5.97 Å². The predicted octanol–water partition coefficient (Wildman–Crippen LogP) is 2.74. The molecule has 1 amide bonds. The number of ether oxygens (including phenoxy) is 2. The summed E-state index contributed by atoms with van der Waals surface area (Å²) >= 11 is 0. The van der Waals surface area contributed by atoms with Gasteiger partial charge in [0.2, 0.25) is 5.91 Å². The molecule has 3 rings (SSSR count). The number of carbonyl (C=O) groups is 2. The number of rotatable bonds is 9. The van der Waals surface area contributed by atoms with Gasteiger partial charge < -0.3 is 19.4 Å². The normalized spacial score (nSPS) is 16.8. The average Bonchev–Trinajstić information content (AvgIpc) is 2.83. The van der Waals surface area contributed by atoms with E-state index >= 15 is 0 Å². The Morgan fingerprint density at radius 2 is 2.09 bits per heavy atom. The van der Waals surface area contributed by atoms with Gasteiger partial charge in [-0.2, -0.15) is 0 Å². The van der Waals surface area contributed by atoms with E-state index in [9.17, 15) is 14.4 Å². The first-order valence-electron chi connectivity index (χ1n) is 11.6. The van der Waals surface area contributed by atoms with Crippen molar-refractivity contribution in [2.45, 2.75) is 59.0 Å². The SMILES string of the molecule is CCOC(=O)C1CCCN(C(=O)CCc2nnc(-c3cccc(OC(C)CC)c3)[nH]c2=O)C1. The number of aromatic amines is 1. The Hall–Kier alpha value is -3.23. The van der Waals surface area contributed by atoms with E-state index in [1.54, 1.807) is 11.8 Å². The van der Waals surface area contributed by atoms with Gasteiger partial charge in [-0.3, -0.25) is 14.4 Å². The van der Waals surface area contributed by atoms with Gasteiger partial charge in [0.25, 0.3) is 5.56 Å². The second-order valence-corrected chi connectivity index (χ2v) is 8.24. The van der Waals surface area contributed by atoms with Gasteiger partial charge in [0.15, 0.2) is 5.82 Å². The number of likely N-dealkylation sites (tertiary alicyclic amines) is 1. The molecule has 0 bridgehead atoms. The maximum Gasteiger partial charge on any atom is 0.310 e. The van der Waals surface area contributed by atoms with Gasteiger partial charge in [0.05, 0.1) is 18.6 Å². The number of aryl methyl sites for hydroxylation is 1. The summed E-state index contributed by atoms with van der Waals surface area (Å²) in [5.41, 5.74) is 0.531. The van der Waals surface area contributed by atoms with Crippen LogP contribution in [0.4, 0.5) is 0 Å². The van der Waals surface area contributed by atoms with Crippen LogP contribution >= 0.6 is 0 Å². The quantitative estimate of drug-likeness (QED) is 0.577. The molecule has 1 aromatic carbocycles. The van der Waals surface area contributed by atoms with Crippen molar-refractivity contribution in [3.05, 3.63) is 40.3 Å². The van der Waals surface area contributed by atoms with Gasteiger partial charge in [0.1, 0.15) is 11.4 Å². The van der Waals surface area contributed by atoms with E-state index in [4.69, 9.17) is 9.47 Å².